The second-order valence-electron chi connectivity index (χ2n) is 9.48. The van der Waals surface area contributed by atoms with Crippen LogP contribution >= 0.6 is 11.6 Å². The molecule has 168 valence electrons. The lowest BCUT2D eigenvalue weighted by Gasteiger charge is -2.38. The van der Waals surface area contributed by atoms with Crippen LogP contribution in [0.4, 0.5) is 5.82 Å². The third kappa shape index (κ3) is 3.04. The molecule has 6 rings (SSSR count). The molecular formula is C21H27ClN10. The van der Waals surface area contributed by atoms with Crippen molar-refractivity contribution < 1.29 is 0 Å². The van der Waals surface area contributed by atoms with Crippen molar-refractivity contribution in [3.63, 3.8) is 0 Å². The van der Waals surface area contributed by atoms with Gasteiger partial charge >= 0.3 is 0 Å². The number of nitrogens with zero attached hydrogens (tertiary/aromatic N) is 6. The number of H-pyrrole nitrogens is 1. The lowest BCUT2D eigenvalue weighted by Crippen LogP contribution is -2.62. The predicted octanol–water partition coefficient (Wildman–Crippen LogP) is 2.66. The van der Waals surface area contributed by atoms with Crippen LogP contribution in [0.1, 0.15) is 68.9 Å². The summed E-state index contributed by atoms with van der Waals surface area (Å²) in [5.74, 6) is 0.369. The molecule has 3 aromatic rings. The van der Waals surface area contributed by atoms with Gasteiger partial charge in [0.1, 0.15) is 22.9 Å². The van der Waals surface area contributed by atoms with Crippen molar-refractivity contribution in [3.05, 3.63) is 46.6 Å². The number of aromatic nitrogens is 6. The van der Waals surface area contributed by atoms with E-state index in [2.05, 4.69) is 25.8 Å². The molecule has 0 saturated heterocycles. The lowest BCUT2D eigenvalue weighted by atomic mass is 9.93. The van der Waals surface area contributed by atoms with Gasteiger partial charge in [0.15, 0.2) is 0 Å². The molecule has 11 heteroatoms. The van der Waals surface area contributed by atoms with Crippen LogP contribution in [0.15, 0.2) is 29.6 Å². The minimum absolute atomic E-state index is 0.299. The molecule has 4 heterocycles. The van der Waals surface area contributed by atoms with Crippen LogP contribution in [0.3, 0.4) is 0 Å². The second kappa shape index (κ2) is 6.82. The van der Waals surface area contributed by atoms with Gasteiger partial charge in [-0.1, -0.05) is 11.6 Å². The average molecular weight is 455 g/mol. The van der Waals surface area contributed by atoms with E-state index in [1.54, 1.807) is 23.4 Å². The normalized spacial score (nSPS) is 24.7. The third-order valence-corrected chi connectivity index (χ3v) is 6.97. The van der Waals surface area contributed by atoms with E-state index in [-0.39, 0.29) is 0 Å². The SMILES string of the molecule is CC(C)(c1cc(C2(N)NC(=NC3CCC3)c3c(Cl)c[nH]c3N2)n(C2CC2)n1)n1nccn1. The summed E-state index contributed by atoms with van der Waals surface area (Å²) < 4.78 is 2.04. The second-order valence-corrected chi connectivity index (χ2v) is 9.88. The molecule has 2 saturated carbocycles. The maximum Gasteiger partial charge on any atom is 0.208 e. The minimum Gasteiger partial charge on any atom is -0.346 e. The Morgan fingerprint density at radius 2 is 1.94 bits per heavy atom. The number of halogens is 1. The van der Waals surface area contributed by atoms with Crippen molar-refractivity contribution in [2.45, 2.75) is 69.4 Å². The highest BCUT2D eigenvalue weighted by atomic mass is 35.5. The lowest BCUT2D eigenvalue weighted by molar-refractivity contribution is 0.330. The molecule has 1 aliphatic heterocycles. The number of rotatable bonds is 5. The fourth-order valence-corrected chi connectivity index (χ4v) is 4.56. The molecule has 3 aromatic heterocycles. The van der Waals surface area contributed by atoms with Gasteiger partial charge < -0.3 is 15.6 Å². The van der Waals surface area contributed by atoms with Gasteiger partial charge in [-0.05, 0) is 52.0 Å². The summed E-state index contributed by atoms with van der Waals surface area (Å²) in [5, 5.41) is 21.2. The van der Waals surface area contributed by atoms with Crippen LogP contribution in [0.5, 0.6) is 0 Å². The van der Waals surface area contributed by atoms with E-state index in [0.29, 0.717) is 17.1 Å². The van der Waals surface area contributed by atoms with E-state index < -0.39 is 11.3 Å². The summed E-state index contributed by atoms with van der Waals surface area (Å²) in [6.45, 7) is 4.10. The van der Waals surface area contributed by atoms with Crippen LogP contribution in [0.25, 0.3) is 0 Å². The van der Waals surface area contributed by atoms with E-state index in [9.17, 15) is 0 Å². The zero-order chi connectivity index (χ0) is 22.1. The average Bonchev–Trinajstić information content (AvgIpc) is 3.13. The highest BCUT2D eigenvalue weighted by Crippen LogP contribution is 2.41. The number of hydrogen-bond donors (Lipinski definition) is 4. The molecule has 0 bridgehead atoms. The van der Waals surface area contributed by atoms with Crippen molar-refractivity contribution in [3.8, 4) is 0 Å². The number of nitrogens with two attached hydrogens (primary N) is 1. The van der Waals surface area contributed by atoms with E-state index >= 15 is 0 Å². The summed E-state index contributed by atoms with van der Waals surface area (Å²) in [6, 6.07) is 2.66. The summed E-state index contributed by atoms with van der Waals surface area (Å²) in [6.07, 6.45) is 10.6. The maximum atomic E-state index is 7.01. The van der Waals surface area contributed by atoms with Crippen LogP contribution in [0, 0.1) is 0 Å². The smallest absolute Gasteiger partial charge is 0.208 e. The highest BCUT2D eigenvalue weighted by molar-refractivity contribution is 6.35. The maximum absolute atomic E-state index is 7.01. The van der Waals surface area contributed by atoms with E-state index in [0.717, 1.165) is 54.3 Å². The summed E-state index contributed by atoms with van der Waals surface area (Å²) in [7, 11) is 0. The van der Waals surface area contributed by atoms with Gasteiger partial charge in [0, 0.05) is 6.20 Å². The van der Waals surface area contributed by atoms with Crippen LogP contribution in [0.2, 0.25) is 5.02 Å². The number of fused-ring (bicyclic) bond motifs is 1. The molecule has 3 aliphatic rings. The van der Waals surface area contributed by atoms with Crippen molar-refractivity contribution in [1.29, 1.82) is 0 Å². The number of nitrogens with one attached hydrogen (secondary N) is 3. The van der Waals surface area contributed by atoms with Crippen LogP contribution in [-0.4, -0.2) is 41.6 Å². The Kier molecular flexibility index (Phi) is 4.22. The highest BCUT2D eigenvalue weighted by Gasteiger charge is 2.44. The van der Waals surface area contributed by atoms with Gasteiger partial charge in [-0.15, -0.1) is 0 Å². The summed E-state index contributed by atoms with van der Waals surface area (Å²) >= 11 is 6.48. The Morgan fingerprint density at radius 1 is 1.19 bits per heavy atom. The first kappa shape index (κ1) is 19.8. The number of aromatic amines is 1. The van der Waals surface area contributed by atoms with Gasteiger partial charge in [-0.25, -0.2) is 0 Å². The van der Waals surface area contributed by atoms with E-state index in [1.807, 2.05) is 24.6 Å². The molecule has 5 N–H and O–H groups in total. The first-order valence-electron chi connectivity index (χ1n) is 11.1. The zero-order valence-corrected chi connectivity index (χ0v) is 18.9. The molecule has 2 fully saturated rings. The molecule has 0 amide bonds. The Morgan fingerprint density at radius 3 is 2.59 bits per heavy atom. The molecule has 32 heavy (non-hydrogen) atoms. The van der Waals surface area contributed by atoms with Gasteiger partial charge in [0.25, 0.3) is 0 Å². The molecule has 0 aromatic carbocycles. The Labute approximate surface area is 190 Å². The Balaban J connectivity index is 1.45. The van der Waals surface area contributed by atoms with Gasteiger partial charge in [-0.2, -0.15) is 20.1 Å². The molecule has 2 aliphatic carbocycles. The van der Waals surface area contributed by atoms with Crippen molar-refractivity contribution in [2.75, 3.05) is 5.32 Å². The monoisotopic (exact) mass is 454 g/mol. The molecule has 1 atom stereocenters. The fraction of sp³-hybridized carbons (Fsp3) is 0.524. The third-order valence-electron chi connectivity index (χ3n) is 6.67. The zero-order valence-electron chi connectivity index (χ0n) is 18.1. The molecular weight excluding hydrogens is 428 g/mol. The number of hydrogen-bond acceptors (Lipinski definition) is 6. The quantitative estimate of drug-likeness (QED) is 0.469. The van der Waals surface area contributed by atoms with Gasteiger partial charge in [-0.3, -0.25) is 15.4 Å². The van der Waals surface area contributed by atoms with Gasteiger partial charge in [0.2, 0.25) is 5.79 Å². The Bertz CT molecular complexity index is 1180. The summed E-state index contributed by atoms with van der Waals surface area (Å²) in [5.41, 5.74) is 8.99. The molecule has 0 radical (unpaired) electrons. The largest absolute Gasteiger partial charge is 0.346 e. The fourth-order valence-electron chi connectivity index (χ4n) is 4.32. The number of anilines is 1. The van der Waals surface area contributed by atoms with Crippen LogP contribution < -0.4 is 16.4 Å². The van der Waals surface area contributed by atoms with Crippen molar-refractivity contribution in [2.24, 2.45) is 10.7 Å². The first-order chi connectivity index (χ1) is 15.3. The predicted molar refractivity (Wildman–Crippen MR) is 122 cm³/mol. The summed E-state index contributed by atoms with van der Waals surface area (Å²) in [4.78, 5) is 9.84. The molecule has 1 unspecified atom stereocenters. The molecule has 0 spiro atoms. The topological polar surface area (TPSA) is 127 Å². The number of aliphatic imine (C=N–C) groups is 1. The van der Waals surface area contributed by atoms with Crippen LogP contribution in [-0.2, 0) is 11.3 Å². The Hall–Kier alpha value is -2.85. The minimum atomic E-state index is -1.11. The van der Waals surface area contributed by atoms with Crippen molar-refractivity contribution in [1.82, 2.24) is 35.1 Å². The van der Waals surface area contributed by atoms with E-state index in [1.165, 1.54) is 6.42 Å². The number of amidine groups is 1. The standard InChI is InChI=1S/C21H27ClN10/c1-20(2,32-25-8-9-26-32)15-10-16(31(30-15)13-6-7-13)21(23)28-18-17(14(22)11-24-18)19(29-21)27-12-4-3-5-12/h8-13,24,28H,3-7,23H2,1-2H3,(H,27,29). The van der Waals surface area contributed by atoms with Gasteiger partial charge in [0.05, 0.1) is 40.8 Å². The van der Waals surface area contributed by atoms with Crippen molar-refractivity contribution >= 4 is 23.3 Å². The van der Waals surface area contributed by atoms with E-state index in [4.69, 9.17) is 27.4 Å². The first-order valence-corrected chi connectivity index (χ1v) is 11.5. The molecule has 10 nitrogen and oxygen atoms in total.